The van der Waals surface area contributed by atoms with Gasteiger partial charge in [-0.25, -0.2) is 0 Å². The molecule has 6 heteroatoms. The molecule has 5 nitrogen and oxygen atoms in total. The van der Waals surface area contributed by atoms with Crippen molar-refractivity contribution in [1.29, 1.82) is 0 Å². The van der Waals surface area contributed by atoms with Gasteiger partial charge >= 0.3 is 5.97 Å². The van der Waals surface area contributed by atoms with Crippen molar-refractivity contribution in [3.63, 3.8) is 0 Å². The predicted octanol–water partition coefficient (Wildman–Crippen LogP) is 1.27. The summed E-state index contributed by atoms with van der Waals surface area (Å²) >= 11 is 0. The van der Waals surface area contributed by atoms with Crippen molar-refractivity contribution in [3.05, 3.63) is 42.2 Å². The first kappa shape index (κ1) is 15.6. The number of benzene rings is 1. The number of pyridine rings is 1. The van der Waals surface area contributed by atoms with E-state index < -0.39 is 5.97 Å². The van der Waals surface area contributed by atoms with Crippen molar-refractivity contribution in [2.45, 2.75) is 6.92 Å². The van der Waals surface area contributed by atoms with Crippen LogP contribution in [0.4, 0.5) is 0 Å². The van der Waals surface area contributed by atoms with Crippen LogP contribution in [0.15, 0.2) is 36.7 Å². The molecule has 0 unspecified atom stereocenters. The van der Waals surface area contributed by atoms with Crippen LogP contribution in [0.25, 0.3) is 10.8 Å². The van der Waals surface area contributed by atoms with E-state index in [0.29, 0.717) is 0 Å². The van der Waals surface area contributed by atoms with Gasteiger partial charge in [-0.05, 0) is 17.9 Å². The largest absolute Gasteiger partial charge is 0.521 e. The van der Waals surface area contributed by atoms with Crippen LogP contribution in [0.3, 0.4) is 0 Å². The Hall–Kier alpha value is -3.43. The topological polar surface area (TPSA) is 79.3 Å². The van der Waals surface area contributed by atoms with Gasteiger partial charge in [0.25, 0.3) is 0 Å². The van der Waals surface area contributed by atoms with Gasteiger partial charge in [0.05, 0.1) is 6.54 Å². The fourth-order valence-corrected chi connectivity index (χ4v) is 1.38. The summed E-state index contributed by atoms with van der Waals surface area (Å²) in [5.41, 5.74) is 1.24. The van der Waals surface area contributed by atoms with Crippen LogP contribution in [-0.2, 0) is 9.59 Å². The molecule has 1 aromatic carbocycles. The van der Waals surface area contributed by atoms with Gasteiger partial charge < -0.3 is 15.2 Å². The number of carboxylic acids is 1. The molecule has 0 bridgehead atoms. The number of nitrogens with zero attached hydrogens (tertiary/aromatic N) is 1. The Morgan fingerprint density at radius 1 is 1.37 bits per heavy atom. The number of carbonyl (C=O) groups is 1. The number of aromatic nitrogens is 1. The maximum atomic E-state index is 9.52. The summed E-state index contributed by atoms with van der Waals surface area (Å²) < 4.78 is 0. The molecule has 1 heterocycles. The first-order valence-corrected chi connectivity index (χ1v) is 5.26. The second-order valence-electron chi connectivity index (χ2n) is 3.53. The number of carbonyl (C=O) groups excluding carboxylic acids is 1. The molecule has 0 fully saturated rings. The maximum Gasteiger partial charge on any atom is 0.320 e. The van der Waals surface area contributed by atoms with Crippen molar-refractivity contribution in [2.75, 3.05) is 6.54 Å². The van der Waals surface area contributed by atoms with Crippen LogP contribution < -0.4 is 5.32 Å². The summed E-state index contributed by atoms with van der Waals surface area (Å²) in [6.07, 6.45) is 5.00. The molecule has 0 saturated carbocycles. The third-order valence-electron chi connectivity index (χ3n) is 2.18. The fourth-order valence-electron chi connectivity index (χ4n) is 1.38. The number of fused-ring (bicyclic) bond motifs is 1. The standard InChI is InChI=1S/C10H9N.C3H4NO3.Fm/c1-8-6-11-7-9-4-2-3-5-10(8)9;5-2-4-1-3(6)7;/h2-7H,1H3;1H2,(H,4,5)(H,6,7);/q;-1;. The molecule has 2 rings (SSSR count). The van der Waals surface area contributed by atoms with Crippen LogP contribution in [-0.4, -0.2) is 29.0 Å². The molecule has 0 aliphatic rings. The van der Waals surface area contributed by atoms with Crippen molar-refractivity contribution in [1.82, 2.24) is 10.3 Å². The number of hydrogen-bond acceptors (Lipinski definition) is 3. The second kappa shape index (κ2) is 7.78. The van der Waals surface area contributed by atoms with E-state index in [1.807, 2.05) is 23.8 Å². The molecular formula is C13H13FmN2O3-. The third-order valence-corrected chi connectivity index (χ3v) is 2.18. The Kier molecular flexibility index (Phi) is 6.38. The zero-order valence-electron chi connectivity index (χ0n) is 10.2. The summed E-state index contributed by atoms with van der Waals surface area (Å²) in [5, 5.41) is 12.2. The molecule has 0 saturated heterocycles. The van der Waals surface area contributed by atoms with Crippen LogP contribution in [0.2, 0.25) is 0 Å². The van der Waals surface area contributed by atoms with Gasteiger partial charge in [0, 0.05) is 17.8 Å². The van der Waals surface area contributed by atoms with Crippen molar-refractivity contribution in [3.8, 4) is 0 Å². The van der Waals surface area contributed by atoms with Gasteiger partial charge in [0.1, 0.15) is 0 Å². The van der Waals surface area contributed by atoms with Crippen molar-refractivity contribution >= 4 is 23.2 Å². The minimum atomic E-state index is -1.07. The van der Waals surface area contributed by atoms with Gasteiger partial charge in [-0.1, -0.05) is 24.3 Å². The van der Waals surface area contributed by atoms with Gasteiger partial charge in [-0.3, -0.25) is 9.78 Å². The maximum absolute atomic E-state index is 9.52. The molecule has 0 atom stereocenters. The minimum absolute atomic E-state index is 0. The number of aryl methyl sites for hydroxylation is 1. The number of hydrogen-bond donors (Lipinski definition) is 2. The number of aliphatic carboxylic acids is 1. The average molecular weight is 502 g/mol. The van der Waals surface area contributed by atoms with E-state index >= 15 is 0 Å². The summed E-state index contributed by atoms with van der Waals surface area (Å²) in [6.45, 7) is 1.72. The normalized spacial score (nSPS) is 8.68. The summed E-state index contributed by atoms with van der Waals surface area (Å²) in [7, 11) is 0. The van der Waals surface area contributed by atoms with Gasteiger partial charge in [-0.15, -0.1) is 0 Å². The van der Waals surface area contributed by atoms with E-state index in [1.54, 1.807) is 0 Å². The number of nitrogens with one attached hydrogen (secondary N) is 1. The van der Waals surface area contributed by atoms with Crippen LogP contribution in [0.1, 0.15) is 5.56 Å². The van der Waals surface area contributed by atoms with E-state index in [9.17, 15) is 9.59 Å². The molecule has 0 radical (unpaired) electrons. The molecule has 0 aliphatic carbocycles. The number of rotatable bonds is 3. The number of carboxylic acid groups (broad SMARTS) is 1. The monoisotopic (exact) mass is 502 g/mol. The van der Waals surface area contributed by atoms with Crippen LogP contribution in [0, 0.1) is 6.92 Å². The van der Waals surface area contributed by atoms with E-state index in [4.69, 9.17) is 5.11 Å². The van der Waals surface area contributed by atoms with Gasteiger partial charge in [0.2, 0.25) is 0 Å². The zero-order valence-corrected chi connectivity index (χ0v) is 12.6. The minimum Gasteiger partial charge on any atom is -0.521 e. The SMILES string of the molecule is Cc1cncc2ccccc12.O=[C-]NCC(=O)O.[Fm]. The van der Waals surface area contributed by atoms with E-state index in [0.717, 1.165) is 0 Å². The predicted molar refractivity (Wildman–Crippen MR) is 67.8 cm³/mol. The summed E-state index contributed by atoms with van der Waals surface area (Å²) in [4.78, 5) is 22.8. The van der Waals surface area contributed by atoms with Crippen molar-refractivity contribution in [2.24, 2.45) is 0 Å². The molecule has 1 aromatic heterocycles. The van der Waals surface area contributed by atoms with E-state index in [-0.39, 0.29) is 6.54 Å². The Bertz CT molecular complexity index is 541. The Morgan fingerprint density at radius 3 is 2.58 bits per heavy atom. The van der Waals surface area contributed by atoms with Crippen LogP contribution >= 0.6 is 0 Å². The number of amides is 1. The average Bonchev–Trinajstić information content (AvgIpc) is 2.38. The van der Waals surface area contributed by atoms with Gasteiger partial charge in [-0.2, -0.15) is 6.41 Å². The molecular weight excluding hydrogens is 489 g/mol. The molecule has 0 spiro atoms. The molecule has 106 valence electrons. The van der Waals surface area contributed by atoms with Crippen LogP contribution in [0.5, 0.6) is 0 Å². The molecule has 19 heavy (non-hydrogen) atoms. The first-order valence-electron chi connectivity index (χ1n) is 5.26. The summed E-state index contributed by atoms with van der Waals surface area (Å²) in [5.74, 6) is -1.07. The summed E-state index contributed by atoms with van der Waals surface area (Å²) in [6, 6.07) is 8.28. The molecule has 2 N–H and O–H groups in total. The van der Waals surface area contributed by atoms with Crippen molar-refractivity contribution < 1.29 is 14.7 Å². The van der Waals surface area contributed by atoms with E-state index in [1.165, 1.54) is 22.7 Å². The quantitative estimate of drug-likeness (QED) is 0.490. The molecule has 0 aliphatic heterocycles. The Labute approximate surface area is 104 Å². The third kappa shape index (κ3) is 4.95. The smallest absolute Gasteiger partial charge is 0.320 e. The Balaban J connectivity index is 0.000000360. The first-order chi connectivity index (χ1) is 8.65. The molecule has 1 amide bonds. The van der Waals surface area contributed by atoms with Gasteiger partial charge in [0.15, 0.2) is 0 Å². The van der Waals surface area contributed by atoms with E-state index in [2.05, 4.69) is 30.1 Å². The second-order valence-corrected chi connectivity index (χ2v) is 3.53. The fraction of sp³-hybridized carbons (Fsp3) is 0.154. The zero-order chi connectivity index (χ0) is 13.4. The Morgan fingerprint density at radius 2 is 2.05 bits per heavy atom. The molecule has 2 aromatic rings.